The monoisotopic (exact) mass is 563 g/mol. The molecule has 0 aliphatic heterocycles. The normalized spacial score (nSPS) is 11.6. The van der Waals surface area contributed by atoms with Gasteiger partial charge in [0, 0.05) is 5.56 Å². The lowest BCUT2D eigenvalue weighted by Gasteiger charge is -2.18. The van der Waals surface area contributed by atoms with Crippen molar-refractivity contribution in [2.45, 2.75) is 32.3 Å². The number of nitrogens with zero attached hydrogens (tertiary/aromatic N) is 2. The molecule has 39 heavy (non-hydrogen) atoms. The van der Waals surface area contributed by atoms with Gasteiger partial charge in [0.1, 0.15) is 35.5 Å². The van der Waals surface area contributed by atoms with Crippen molar-refractivity contribution < 1.29 is 43.6 Å². The van der Waals surface area contributed by atoms with Gasteiger partial charge in [-0.05, 0) is 48.9 Å². The lowest BCUT2D eigenvalue weighted by molar-refractivity contribution is -0.790. The van der Waals surface area contributed by atoms with E-state index in [9.17, 15) is 29.8 Å². The minimum atomic E-state index is -1.41. The number of thiocarbonyl (C=S) groups is 1. The number of benzene rings is 2. The second-order valence-corrected chi connectivity index (χ2v) is 8.03. The maximum atomic E-state index is 12.5. The van der Waals surface area contributed by atoms with Crippen molar-refractivity contribution in [1.29, 1.82) is 0 Å². The third kappa shape index (κ3) is 11.0. The van der Waals surface area contributed by atoms with Crippen LogP contribution in [0.15, 0.2) is 54.6 Å². The molecule has 2 rings (SSSR count). The summed E-state index contributed by atoms with van der Waals surface area (Å²) in [6.45, 7) is 0.569. The molecule has 0 fully saturated rings. The Morgan fingerprint density at radius 1 is 0.974 bits per heavy atom. The van der Waals surface area contributed by atoms with E-state index in [0.29, 0.717) is 17.5 Å². The Hall–Kier alpha value is -4.79. The summed E-state index contributed by atoms with van der Waals surface area (Å²) in [5.74, 6) is -0.857. The summed E-state index contributed by atoms with van der Waals surface area (Å²) in [5, 5.41) is 18.9. The van der Waals surface area contributed by atoms with E-state index in [1.807, 2.05) is 0 Å². The van der Waals surface area contributed by atoms with Crippen molar-refractivity contribution in [1.82, 2.24) is 0 Å². The zero-order valence-corrected chi connectivity index (χ0v) is 21.5. The first-order valence-electron chi connectivity index (χ1n) is 11.4. The van der Waals surface area contributed by atoms with E-state index in [2.05, 4.69) is 9.68 Å². The predicted octanol–water partition coefficient (Wildman–Crippen LogP) is 3.16. The zero-order chi connectivity index (χ0) is 28.8. The summed E-state index contributed by atoms with van der Waals surface area (Å²) < 4.78 is 16.2. The molecular formula is C24H25N3O11S. The van der Waals surface area contributed by atoms with E-state index >= 15 is 0 Å². The van der Waals surface area contributed by atoms with Crippen molar-refractivity contribution in [2.24, 2.45) is 5.73 Å². The van der Waals surface area contributed by atoms with Gasteiger partial charge in [0.25, 0.3) is 10.2 Å². The van der Waals surface area contributed by atoms with Crippen molar-refractivity contribution in [3.8, 4) is 11.5 Å². The standard InChI is InChI=1S/C24H25N3O11S/c1-2-5-20(34-14-18(38-27(32)33)15-35-26(30)31)19-6-3-4-7-21(19)37-23(29)13-12-22(28)36-17-10-8-16(9-11-17)24(25)39/h3-11,18H,2,12-15H2,1H3,(H2,25,39)/b20-5+. The number of nitrogens with two attached hydrogens (primary N) is 1. The first-order valence-corrected chi connectivity index (χ1v) is 11.8. The topological polar surface area (TPSA) is 193 Å². The fourth-order valence-electron chi connectivity index (χ4n) is 3.00. The van der Waals surface area contributed by atoms with Crippen molar-refractivity contribution in [2.75, 3.05) is 13.2 Å². The fraction of sp³-hybridized carbons (Fsp3) is 0.292. The van der Waals surface area contributed by atoms with E-state index in [0.717, 1.165) is 0 Å². The summed E-state index contributed by atoms with van der Waals surface area (Å²) in [5.41, 5.74) is 6.46. The lowest BCUT2D eigenvalue weighted by Crippen LogP contribution is -2.29. The smallest absolute Gasteiger partial charge is 0.311 e. The van der Waals surface area contributed by atoms with E-state index in [4.69, 9.17) is 32.2 Å². The molecule has 2 aromatic rings. The number of allylic oxidation sites excluding steroid dienone is 1. The molecule has 1 unspecified atom stereocenters. The Morgan fingerprint density at radius 2 is 1.62 bits per heavy atom. The number of carbonyl (C=O) groups excluding carboxylic acids is 2. The number of carbonyl (C=O) groups is 2. The van der Waals surface area contributed by atoms with Crippen molar-refractivity contribution in [3.05, 3.63) is 86.0 Å². The molecule has 2 aromatic carbocycles. The molecule has 14 nitrogen and oxygen atoms in total. The summed E-state index contributed by atoms with van der Waals surface area (Å²) >= 11 is 4.87. The van der Waals surface area contributed by atoms with Gasteiger partial charge < -0.3 is 29.6 Å². The van der Waals surface area contributed by atoms with Gasteiger partial charge in [-0.2, -0.15) is 0 Å². The number of ether oxygens (including phenoxy) is 3. The molecular weight excluding hydrogens is 538 g/mol. The molecule has 0 saturated heterocycles. The van der Waals surface area contributed by atoms with Gasteiger partial charge in [-0.1, -0.05) is 31.3 Å². The molecule has 0 saturated carbocycles. The van der Waals surface area contributed by atoms with Gasteiger partial charge in [-0.15, -0.1) is 20.2 Å². The van der Waals surface area contributed by atoms with Gasteiger partial charge in [0.05, 0.1) is 18.4 Å². The van der Waals surface area contributed by atoms with Crippen LogP contribution in [0.1, 0.15) is 37.3 Å². The van der Waals surface area contributed by atoms with E-state index in [1.165, 1.54) is 18.2 Å². The Labute approximate surface area is 227 Å². The van der Waals surface area contributed by atoms with Crippen LogP contribution < -0.4 is 15.2 Å². The maximum Gasteiger partial charge on any atom is 0.311 e. The van der Waals surface area contributed by atoms with E-state index in [-0.39, 0.29) is 35.1 Å². The summed E-state index contributed by atoms with van der Waals surface area (Å²) in [6, 6.07) is 12.5. The minimum absolute atomic E-state index is 0.0946. The van der Waals surface area contributed by atoms with E-state index < -0.39 is 41.4 Å². The first-order chi connectivity index (χ1) is 18.6. The molecule has 2 N–H and O–H groups in total. The second-order valence-electron chi connectivity index (χ2n) is 7.59. The van der Waals surface area contributed by atoms with Gasteiger partial charge in [-0.3, -0.25) is 9.59 Å². The van der Waals surface area contributed by atoms with Crippen LogP contribution >= 0.6 is 12.2 Å². The van der Waals surface area contributed by atoms with Gasteiger partial charge in [0.2, 0.25) is 0 Å². The van der Waals surface area contributed by atoms with Crippen LogP contribution in [-0.4, -0.2) is 46.4 Å². The molecule has 0 bridgehead atoms. The summed E-state index contributed by atoms with van der Waals surface area (Å²) in [4.78, 5) is 54.5. The second kappa shape index (κ2) is 15.5. The van der Waals surface area contributed by atoms with Crippen LogP contribution in [0.4, 0.5) is 0 Å². The van der Waals surface area contributed by atoms with Crippen molar-refractivity contribution in [3.63, 3.8) is 0 Å². The minimum Gasteiger partial charge on any atom is -0.491 e. The van der Waals surface area contributed by atoms with Crippen LogP contribution in [-0.2, 0) is 24.0 Å². The zero-order valence-electron chi connectivity index (χ0n) is 20.7. The number of hydrogen-bond acceptors (Lipinski definition) is 12. The average molecular weight is 564 g/mol. The van der Waals surface area contributed by atoms with Gasteiger partial charge in [-0.25, -0.2) is 0 Å². The molecule has 0 aliphatic rings. The average Bonchev–Trinajstić information content (AvgIpc) is 2.88. The molecule has 1 atom stereocenters. The Kier molecular flexibility index (Phi) is 12.1. The highest BCUT2D eigenvalue weighted by atomic mass is 32.1. The highest BCUT2D eigenvalue weighted by molar-refractivity contribution is 7.80. The van der Waals surface area contributed by atoms with Crippen LogP contribution in [0, 0.1) is 20.2 Å². The SMILES string of the molecule is CC/C=C(/OCC(CO[N+](=O)[O-])O[N+](=O)[O-])c1ccccc1OC(=O)CCC(=O)Oc1ccc(C(N)=S)cc1. The quantitative estimate of drug-likeness (QED) is 0.0782. The molecule has 0 spiro atoms. The number of esters is 2. The Morgan fingerprint density at radius 3 is 2.21 bits per heavy atom. The van der Waals surface area contributed by atoms with Crippen LogP contribution in [0.5, 0.6) is 11.5 Å². The van der Waals surface area contributed by atoms with Crippen LogP contribution in [0.25, 0.3) is 5.76 Å². The lowest BCUT2D eigenvalue weighted by atomic mass is 10.1. The molecule has 0 amide bonds. The maximum absolute atomic E-state index is 12.5. The largest absolute Gasteiger partial charge is 0.491 e. The third-order valence-corrected chi connectivity index (χ3v) is 4.93. The highest BCUT2D eigenvalue weighted by Crippen LogP contribution is 2.28. The van der Waals surface area contributed by atoms with Crippen LogP contribution in [0.3, 0.4) is 0 Å². The number of rotatable bonds is 16. The predicted molar refractivity (Wildman–Crippen MR) is 138 cm³/mol. The summed E-state index contributed by atoms with van der Waals surface area (Å²) in [7, 11) is 0. The van der Waals surface area contributed by atoms with Crippen molar-refractivity contribution >= 4 is 34.9 Å². The highest BCUT2D eigenvalue weighted by Gasteiger charge is 2.20. The third-order valence-electron chi connectivity index (χ3n) is 4.70. The molecule has 208 valence electrons. The van der Waals surface area contributed by atoms with Gasteiger partial charge in [0.15, 0.2) is 6.10 Å². The first kappa shape index (κ1) is 30.4. The fourth-order valence-corrected chi connectivity index (χ4v) is 3.13. The molecule has 0 heterocycles. The van der Waals surface area contributed by atoms with Gasteiger partial charge >= 0.3 is 11.9 Å². The molecule has 0 radical (unpaired) electrons. The molecule has 15 heteroatoms. The van der Waals surface area contributed by atoms with Crippen LogP contribution in [0.2, 0.25) is 0 Å². The number of para-hydroxylation sites is 1. The number of hydrogen-bond donors (Lipinski definition) is 1. The Bertz CT molecular complexity index is 1220. The summed E-state index contributed by atoms with van der Waals surface area (Å²) in [6.07, 6.45) is 0.123. The Balaban J connectivity index is 2.01. The molecule has 0 aromatic heterocycles. The molecule has 0 aliphatic carbocycles. The van der Waals surface area contributed by atoms with E-state index in [1.54, 1.807) is 43.3 Å².